The highest BCUT2D eigenvalue weighted by Crippen LogP contribution is 2.22. The fourth-order valence-corrected chi connectivity index (χ4v) is 3.11. The third-order valence-corrected chi connectivity index (χ3v) is 4.70. The van der Waals surface area contributed by atoms with E-state index in [4.69, 9.17) is 5.73 Å². The molecule has 0 bridgehead atoms. The number of halogens is 1. The van der Waals surface area contributed by atoms with Gasteiger partial charge in [0, 0.05) is 12.2 Å². The number of sulfonamides is 1. The fourth-order valence-electron chi connectivity index (χ4n) is 1.60. The molecule has 7 heteroatoms. The Morgan fingerprint density at radius 2 is 1.90 bits per heavy atom. The van der Waals surface area contributed by atoms with Crippen molar-refractivity contribution in [2.24, 2.45) is 5.73 Å². The van der Waals surface area contributed by atoms with E-state index in [1.807, 2.05) is 6.92 Å². The molecule has 2 aromatic rings. The molecule has 0 aliphatic heterocycles. The minimum Gasteiger partial charge on any atom is -0.324 e. The number of hydrogen-bond donors (Lipinski definition) is 2. The maximum absolute atomic E-state index is 12.2. The topological polar surface area (TPSA) is 85.1 Å². The molecule has 1 atom stereocenters. The Balaban J connectivity index is 2.29. The summed E-state index contributed by atoms with van der Waals surface area (Å²) >= 11 is 3.25. The molecule has 0 fully saturated rings. The second-order valence-corrected chi connectivity index (χ2v) is 6.83. The zero-order chi connectivity index (χ0) is 14.8. The van der Waals surface area contributed by atoms with Crippen LogP contribution >= 0.6 is 15.9 Å². The standard InChI is InChI=1S/C13H14BrN3O2S/c1-9(15)10-4-6-11(7-5-10)20(18,19)17-13-12(14)3-2-8-16-13/h2-9H,15H2,1H3,(H,16,17). The van der Waals surface area contributed by atoms with Gasteiger partial charge in [-0.25, -0.2) is 13.4 Å². The maximum atomic E-state index is 12.2. The van der Waals surface area contributed by atoms with Crippen molar-refractivity contribution in [3.8, 4) is 0 Å². The van der Waals surface area contributed by atoms with E-state index in [1.54, 1.807) is 24.3 Å². The largest absolute Gasteiger partial charge is 0.324 e. The summed E-state index contributed by atoms with van der Waals surface area (Å²) in [4.78, 5) is 4.14. The Bertz CT molecular complexity index is 700. The number of aromatic nitrogens is 1. The van der Waals surface area contributed by atoms with Gasteiger partial charge in [0.15, 0.2) is 5.82 Å². The molecule has 1 aromatic carbocycles. The van der Waals surface area contributed by atoms with Crippen LogP contribution in [0.3, 0.4) is 0 Å². The van der Waals surface area contributed by atoms with Crippen LogP contribution in [0.15, 0.2) is 52.0 Å². The van der Waals surface area contributed by atoms with E-state index in [0.717, 1.165) is 5.56 Å². The minimum absolute atomic E-state index is 0.135. The summed E-state index contributed by atoms with van der Waals surface area (Å²) < 4.78 is 27.5. The Morgan fingerprint density at radius 3 is 2.45 bits per heavy atom. The summed E-state index contributed by atoms with van der Waals surface area (Å²) in [7, 11) is -3.66. The Kier molecular flexibility index (Phi) is 4.42. The number of nitrogens with zero attached hydrogens (tertiary/aromatic N) is 1. The lowest BCUT2D eigenvalue weighted by Crippen LogP contribution is -2.14. The molecule has 2 rings (SSSR count). The summed E-state index contributed by atoms with van der Waals surface area (Å²) in [6.45, 7) is 1.84. The third kappa shape index (κ3) is 3.36. The predicted octanol–water partition coefficient (Wildman–Crippen LogP) is 2.66. The molecule has 0 saturated carbocycles. The summed E-state index contributed by atoms with van der Waals surface area (Å²) in [5.74, 6) is 0.253. The van der Waals surface area contributed by atoms with Gasteiger partial charge in [-0.15, -0.1) is 0 Å². The molecule has 1 aromatic heterocycles. The van der Waals surface area contributed by atoms with Crippen molar-refractivity contribution in [1.29, 1.82) is 0 Å². The first-order valence-electron chi connectivity index (χ1n) is 5.89. The summed E-state index contributed by atoms with van der Waals surface area (Å²) in [5.41, 5.74) is 6.61. The molecule has 3 N–H and O–H groups in total. The van der Waals surface area contributed by atoms with Gasteiger partial charge in [0.2, 0.25) is 0 Å². The highest BCUT2D eigenvalue weighted by molar-refractivity contribution is 9.10. The minimum atomic E-state index is -3.66. The molecule has 0 radical (unpaired) electrons. The van der Waals surface area contributed by atoms with Crippen LogP contribution in [0.4, 0.5) is 5.82 Å². The number of nitrogens with one attached hydrogen (secondary N) is 1. The number of pyridine rings is 1. The number of rotatable bonds is 4. The van der Waals surface area contributed by atoms with Gasteiger partial charge in [0.25, 0.3) is 10.0 Å². The van der Waals surface area contributed by atoms with Crippen molar-refractivity contribution >= 4 is 31.8 Å². The molecule has 0 saturated heterocycles. The van der Waals surface area contributed by atoms with Gasteiger partial charge < -0.3 is 5.73 Å². The Morgan fingerprint density at radius 1 is 1.25 bits per heavy atom. The van der Waals surface area contributed by atoms with Gasteiger partial charge in [-0.1, -0.05) is 12.1 Å². The lowest BCUT2D eigenvalue weighted by molar-refractivity contribution is 0.601. The smallest absolute Gasteiger partial charge is 0.263 e. The van der Waals surface area contributed by atoms with Crippen LogP contribution in [0.25, 0.3) is 0 Å². The van der Waals surface area contributed by atoms with E-state index in [9.17, 15) is 8.42 Å². The van der Waals surface area contributed by atoms with Crippen molar-refractivity contribution in [2.45, 2.75) is 17.9 Å². The average molecular weight is 356 g/mol. The normalized spacial score (nSPS) is 12.9. The zero-order valence-electron chi connectivity index (χ0n) is 10.7. The van der Waals surface area contributed by atoms with E-state index in [-0.39, 0.29) is 16.8 Å². The van der Waals surface area contributed by atoms with Crippen LogP contribution in [0.5, 0.6) is 0 Å². The van der Waals surface area contributed by atoms with Gasteiger partial charge in [-0.05, 0) is 52.7 Å². The monoisotopic (exact) mass is 355 g/mol. The summed E-state index contributed by atoms with van der Waals surface area (Å²) in [5, 5.41) is 0. The second kappa shape index (κ2) is 5.90. The first-order chi connectivity index (χ1) is 9.40. The number of nitrogens with two attached hydrogens (primary N) is 1. The molecule has 0 spiro atoms. The Hall–Kier alpha value is -1.44. The molecule has 5 nitrogen and oxygen atoms in total. The molecular weight excluding hydrogens is 342 g/mol. The maximum Gasteiger partial charge on any atom is 0.263 e. The third-order valence-electron chi connectivity index (χ3n) is 2.71. The van der Waals surface area contributed by atoms with Gasteiger partial charge in [-0.3, -0.25) is 4.72 Å². The van der Waals surface area contributed by atoms with Crippen molar-refractivity contribution in [3.05, 3.63) is 52.6 Å². The van der Waals surface area contributed by atoms with Crippen LogP contribution in [0, 0.1) is 0 Å². The first kappa shape index (κ1) is 15.0. The molecule has 106 valence electrons. The first-order valence-corrected chi connectivity index (χ1v) is 8.16. The molecule has 0 aliphatic rings. The zero-order valence-corrected chi connectivity index (χ0v) is 13.1. The summed E-state index contributed by atoms with van der Waals surface area (Å²) in [6.07, 6.45) is 1.52. The molecule has 0 amide bonds. The van der Waals surface area contributed by atoms with E-state index < -0.39 is 10.0 Å². The number of benzene rings is 1. The molecule has 1 unspecified atom stereocenters. The molecule has 1 heterocycles. The van der Waals surface area contributed by atoms with Crippen molar-refractivity contribution in [1.82, 2.24) is 4.98 Å². The van der Waals surface area contributed by atoms with Crippen molar-refractivity contribution in [2.75, 3.05) is 4.72 Å². The van der Waals surface area contributed by atoms with Gasteiger partial charge >= 0.3 is 0 Å². The number of anilines is 1. The SMILES string of the molecule is CC(N)c1ccc(S(=O)(=O)Nc2ncccc2Br)cc1. The lowest BCUT2D eigenvalue weighted by Gasteiger charge is -2.10. The van der Waals surface area contributed by atoms with Crippen LogP contribution in [-0.2, 0) is 10.0 Å². The lowest BCUT2D eigenvalue weighted by atomic mass is 10.1. The molecular formula is C13H14BrN3O2S. The number of hydrogen-bond acceptors (Lipinski definition) is 4. The van der Waals surface area contributed by atoms with Crippen LogP contribution in [-0.4, -0.2) is 13.4 Å². The highest BCUT2D eigenvalue weighted by atomic mass is 79.9. The van der Waals surface area contributed by atoms with Gasteiger partial charge in [0.05, 0.1) is 9.37 Å². The molecule has 0 aliphatic carbocycles. The van der Waals surface area contributed by atoms with E-state index in [0.29, 0.717) is 4.47 Å². The molecule has 20 heavy (non-hydrogen) atoms. The average Bonchev–Trinajstić information content (AvgIpc) is 2.41. The predicted molar refractivity (Wildman–Crippen MR) is 81.8 cm³/mol. The second-order valence-electron chi connectivity index (χ2n) is 4.30. The van der Waals surface area contributed by atoms with E-state index in [2.05, 4.69) is 25.6 Å². The van der Waals surface area contributed by atoms with Gasteiger partial charge in [-0.2, -0.15) is 0 Å². The van der Waals surface area contributed by atoms with Crippen molar-refractivity contribution < 1.29 is 8.42 Å². The van der Waals surface area contributed by atoms with E-state index >= 15 is 0 Å². The quantitative estimate of drug-likeness (QED) is 0.882. The van der Waals surface area contributed by atoms with Crippen LogP contribution in [0.1, 0.15) is 18.5 Å². The Labute approximate surface area is 126 Å². The van der Waals surface area contributed by atoms with Gasteiger partial charge in [0.1, 0.15) is 0 Å². The highest BCUT2D eigenvalue weighted by Gasteiger charge is 2.16. The fraction of sp³-hybridized carbons (Fsp3) is 0.154. The van der Waals surface area contributed by atoms with Crippen LogP contribution < -0.4 is 10.5 Å². The van der Waals surface area contributed by atoms with E-state index in [1.165, 1.54) is 18.3 Å². The summed E-state index contributed by atoms with van der Waals surface area (Å²) in [6, 6.07) is 9.74. The van der Waals surface area contributed by atoms with Crippen molar-refractivity contribution in [3.63, 3.8) is 0 Å². The van der Waals surface area contributed by atoms with Crippen LogP contribution in [0.2, 0.25) is 0 Å².